The average Bonchev–Trinajstić information content (AvgIpc) is 2.86. The van der Waals surface area contributed by atoms with Crippen molar-refractivity contribution in [2.45, 2.75) is 76.7 Å². The Bertz CT molecular complexity index is 969. The minimum Gasteiger partial charge on any atom is -0.481 e. The van der Waals surface area contributed by atoms with E-state index in [4.69, 9.17) is 22.3 Å². The maximum atomic E-state index is 12.9. The fourth-order valence-corrected chi connectivity index (χ4v) is 3.04. The van der Waals surface area contributed by atoms with Crippen molar-refractivity contribution in [2.24, 2.45) is 22.2 Å². The molecule has 13 N–H and O–H groups in total. The highest BCUT2D eigenvalue weighted by Gasteiger charge is 2.29. The van der Waals surface area contributed by atoms with E-state index in [0.717, 1.165) is 0 Å². The third-order valence-corrected chi connectivity index (χ3v) is 5.30. The fourth-order valence-electron chi connectivity index (χ4n) is 3.04. The predicted molar refractivity (Wildman–Crippen MR) is 140 cm³/mol. The highest BCUT2D eigenvalue weighted by atomic mass is 16.4. The number of carbonyl (C=O) groups is 7. The molecule has 0 saturated carbocycles. The number of carboxylic acids is 2. The van der Waals surface area contributed by atoms with E-state index in [0.29, 0.717) is 0 Å². The Balaban J connectivity index is 5.37. The van der Waals surface area contributed by atoms with Crippen LogP contribution in [0, 0.1) is 0 Å². The molecule has 0 fully saturated rings. The Morgan fingerprint density at radius 2 is 1.18 bits per heavy atom. The van der Waals surface area contributed by atoms with Crippen LogP contribution in [0.3, 0.4) is 0 Å². The Morgan fingerprint density at radius 3 is 1.65 bits per heavy atom. The first-order valence-corrected chi connectivity index (χ1v) is 12.3. The van der Waals surface area contributed by atoms with Crippen molar-refractivity contribution in [3.8, 4) is 0 Å². The molecule has 5 amide bonds. The van der Waals surface area contributed by atoms with Crippen LogP contribution in [-0.4, -0.2) is 101 Å². The van der Waals surface area contributed by atoms with Crippen molar-refractivity contribution in [3.63, 3.8) is 0 Å². The zero-order valence-electron chi connectivity index (χ0n) is 22.6. The van der Waals surface area contributed by atoms with Crippen molar-refractivity contribution < 1.29 is 43.8 Å². The maximum Gasteiger partial charge on any atom is 0.326 e. The first-order chi connectivity index (χ1) is 18.6. The summed E-state index contributed by atoms with van der Waals surface area (Å²) in [5.41, 5.74) is 15.8. The Hall–Kier alpha value is -4.48. The third kappa shape index (κ3) is 14.5. The van der Waals surface area contributed by atoms with Gasteiger partial charge in [0.2, 0.25) is 29.5 Å². The summed E-state index contributed by atoms with van der Waals surface area (Å²) < 4.78 is 0. The maximum absolute atomic E-state index is 12.9. The quantitative estimate of drug-likeness (QED) is 0.0421. The van der Waals surface area contributed by atoms with Gasteiger partial charge in [0.1, 0.15) is 30.2 Å². The standard InChI is InChI=1S/C22H39N9O9/c1-10(27-15(32)9-23)17(35)28-11(2)18(36)30-13(5-4-8-26-22(24)25)20(38)29-12(3)19(37)31-14(21(39)40)6-7-16(33)34/h10-14H,4-9,23H2,1-3H3,(H,27,32)(H,28,35)(H,29,38)(H,30,36)(H,31,37)(H,33,34)(H,39,40)(H4,24,25,26)/t10-,11-,12-,13-,14-/m0/s1. The number of nitrogens with two attached hydrogens (primary N) is 3. The van der Waals surface area contributed by atoms with E-state index in [9.17, 15) is 38.7 Å². The van der Waals surface area contributed by atoms with E-state index in [1.807, 2.05) is 0 Å². The van der Waals surface area contributed by atoms with Gasteiger partial charge < -0.3 is 54.0 Å². The van der Waals surface area contributed by atoms with E-state index >= 15 is 0 Å². The number of carbonyl (C=O) groups excluding carboxylic acids is 5. The second-order valence-corrected chi connectivity index (χ2v) is 8.80. The number of carboxylic acid groups (broad SMARTS) is 2. The summed E-state index contributed by atoms with van der Waals surface area (Å²) in [7, 11) is 0. The van der Waals surface area contributed by atoms with Gasteiger partial charge in [-0.25, -0.2) is 4.79 Å². The van der Waals surface area contributed by atoms with Crippen molar-refractivity contribution in [1.82, 2.24) is 26.6 Å². The van der Waals surface area contributed by atoms with Crippen LogP contribution in [0.4, 0.5) is 0 Å². The number of nitrogens with one attached hydrogen (secondary N) is 5. The summed E-state index contributed by atoms with van der Waals surface area (Å²) in [6.07, 6.45) is -0.633. The van der Waals surface area contributed by atoms with Crippen LogP contribution in [-0.2, 0) is 33.6 Å². The number of hydrogen-bond donors (Lipinski definition) is 10. The highest BCUT2D eigenvalue weighted by molar-refractivity contribution is 5.95. The number of guanidine groups is 1. The predicted octanol–water partition coefficient (Wildman–Crippen LogP) is -4.57. The van der Waals surface area contributed by atoms with Gasteiger partial charge in [-0.1, -0.05) is 0 Å². The summed E-state index contributed by atoms with van der Waals surface area (Å²) in [5.74, 6) is -6.60. The summed E-state index contributed by atoms with van der Waals surface area (Å²) in [5, 5.41) is 29.7. The topological polar surface area (TPSA) is 311 Å². The molecule has 18 heteroatoms. The first kappa shape index (κ1) is 35.5. The van der Waals surface area contributed by atoms with Gasteiger partial charge >= 0.3 is 11.9 Å². The molecule has 0 aliphatic heterocycles. The second kappa shape index (κ2) is 17.9. The van der Waals surface area contributed by atoms with Crippen LogP contribution in [0.25, 0.3) is 0 Å². The molecule has 0 rings (SSSR count). The number of nitrogens with zero attached hydrogens (tertiary/aromatic N) is 1. The van der Waals surface area contributed by atoms with E-state index in [1.54, 1.807) is 0 Å². The minimum atomic E-state index is -1.50. The number of aliphatic carboxylic acids is 2. The lowest BCUT2D eigenvalue weighted by Gasteiger charge is -2.24. The van der Waals surface area contributed by atoms with Gasteiger partial charge in [-0.3, -0.25) is 33.8 Å². The summed E-state index contributed by atoms with van der Waals surface area (Å²) in [4.78, 5) is 87.6. The van der Waals surface area contributed by atoms with Gasteiger partial charge in [-0.2, -0.15) is 0 Å². The molecule has 0 saturated heterocycles. The zero-order chi connectivity index (χ0) is 31.0. The molecule has 0 heterocycles. The highest BCUT2D eigenvalue weighted by Crippen LogP contribution is 2.03. The molecule has 0 radical (unpaired) electrons. The summed E-state index contributed by atoms with van der Waals surface area (Å²) in [6.45, 7) is 3.78. The van der Waals surface area contributed by atoms with Gasteiger partial charge in [0.25, 0.3) is 0 Å². The molecule has 0 aromatic heterocycles. The van der Waals surface area contributed by atoms with Crippen LogP contribution in [0.5, 0.6) is 0 Å². The molecule has 40 heavy (non-hydrogen) atoms. The van der Waals surface area contributed by atoms with Crippen LogP contribution < -0.4 is 43.8 Å². The molecule has 0 spiro atoms. The van der Waals surface area contributed by atoms with Crippen LogP contribution >= 0.6 is 0 Å². The van der Waals surface area contributed by atoms with E-state index in [1.165, 1.54) is 20.8 Å². The number of amides is 5. The minimum absolute atomic E-state index is 0.0165. The van der Waals surface area contributed by atoms with Gasteiger partial charge in [-0.05, 0) is 40.0 Å². The molecular weight excluding hydrogens is 534 g/mol. The average molecular weight is 574 g/mol. The number of aliphatic imine (C=N–C) groups is 1. The van der Waals surface area contributed by atoms with Crippen LogP contribution in [0.1, 0.15) is 46.5 Å². The molecule has 0 bridgehead atoms. The van der Waals surface area contributed by atoms with Crippen molar-refractivity contribution in [3.05, 3.63) is 0 Å². The molecule has 18 nitrogen and oxygen atoms in total. The third-order valence-electron chi connectivity index (χ3n) is 5.30. The molecule has 0 aromatic rings. The number of hydrogen-bond acceptors (Lipinski definition) is 9. The molecular formula is C22H39N9O9. The van der Waals surface area contributed by atoms with Crippen molar-refractivity contribution in [2.75, 3.05) is 13.1 Å². The lowest BCUT2D eigenvalue weighted by molar-refractivity contribution is -0.143. The van der Waals surface area contributed by atoms with Gasteiger partial charge in [0, 0.05) is 13.0 Å². The van der Waals surface area contributed by atoms with Crippen molar-refractivity contribution >= 4 is 47.4 Å². The Labute approximate surface area is 230 Å². The summed E-state index contributed by atoms with van der Waals surface area (Å²) in [6, 6.07) is -6.11. The molecule has 5 atom stereocenters. The SMILES string of the molecule is C[C@H](NC(=O)CN)C(=O)N[C@@H](C)C(=O)N[C@@H](CCCN=C(N)N)C(=O)N[C@@H](C)C(=O)N[C@@H](CCC(=O)O)C(=O)O. The van der Waals surface area contributed by atoms with E-state index < -0.39 is 78.1 Å². The second-order valence-electron chi connectivity index (χ2n) is 8.80. The van der Waals surface area contributed by atoms with Crippen molar-refractivity contribution in [1.29, 1.82) is 0 Å². The summed E-state index contributed by atoms with van der Waals surface area (Å²) >= 11 is 0. The number of rotatable bonds is 18. The van der Waals surface area contributed by atoms with Gasteiger partial charge in [0.05, 0.1) is 6.54 Å². The molecule has 0 aliphatic carbocycles. The molecule has 226 valence electrons. The fraction of sp³-hybridized carbons (Fsp3) is 0.636. The Kier molecular flexibility index (Phi) is 15.9. The Morgan fingerprint density at radius 1 is 0.700 bits per heavy atom. The van der Waals surface area contributed by atoms with Gasteiger partial charge in [-0.15, -0.1) is 0 Å². The lowest BCUT2D eigenvalue weighted by Crippen LogP contribution is -2.57. The van der Waals surface area contributed by atoms with Crippen LogP contribution in [0.2, 0.25) is 0 Å². The normalized spacial score (nSPS) is 14.2. The lowest BCUT2D eigenvalue weighted by atomic mass is 10.1. The van der Waals surface area contributed by atoms with Crippen LogP contribution in [0.15, 0.2) is 4.99 Å². The molecule has 0 aliphatic rings. The molecule has 0 aromatic carbocycles. The smallest absolute Gasteiger partial charge is 0.326 e. The zero-order valence-corrected chi connectivity index (χ0v) is 22.6. The van der Waals surface area contributed by atoms with Gasteiger partial charge in [0.15, 0.2) is 5.96 Å². The van der Waals surface area contributed by atoms with E-state index in [2.05, 4.69) is 31.6 Å². The largest absolute Gasteiger partial charge is 0.481 e. The van der Waals surface area contributed by atoms with E-state index in [-0.39, 0.29) is 38.3 Å². The molecule has 0 unspecified atom stereocenters. The monoisotopic (exact) mass is 573 g/mol. The first-order valence-electron chi connectivity index (χ1n) is 12.3.